The standard InChI is InChI=1S/C11H13N3O4.ClH/c12-7(6-17-11(13)15)5-16-10-8-3-1-2-4-9(8)18-14-10;/h1-4,7H,5-6,12H2,(H2,13,15);1H/t7-;/m0./s1. The summed E-state index contributed by atoms with van der Waals surface area (Å²) < 4.78 is 15.0. The van der Waals surface area contributed by atoms with Gasteiger partial charge in [-0.2, -0.15) is 0 Å². The molecule has 0 radical (unpaired) electrons. The number of ether oxygens (including phenoxy) is 2. The molecule has 0 aliphatic rings. The van der Waals surface area contributed by atoms with E-state index in [9.17, 15) is 4.79 Å². The van der Waals surface area contributed by atoms with E-state index in [-0.39, 0.29) is 25.6 Å². The van der Waals surface area contributed by atoms with Gasteiger partial charge in [0.05, 0.1) is 11.4 Å². The number of rotatable bonds is 5. The third kappa shape index (κ3) is 4.01. The van der Waals surface area contributed by atoms with Gasteiger partial charge in [0.15, 0.2) is 5.58 Å². The topological polar surface area (TPSA) is 114 Å². The van der Waals surface area contributed by atoms with Crippen molar-refractivity contribution in [3.8, 4) is 5.88 Å². The molecule has 1 aromatic heterocycles. The molecule has 0 fully saturated rings. The lowest BCUT2D eigenvalue weighted by atomic mass is 10.3. The van der Waals surface area contributed by atoms with Crippen molar-refractivity contribution in [2.24, 2.45) is 11.5 Å². The van der Waals surface area contributed by atoms with Crippen LogP contribution >= 0.6 is 12.4 Å². The molecule has 2 aromatic rings. The summed E-state index contributed by atoms with van der Waals surface area (Å²) in [7, 11) is 0. The van der Waals surface area contributed by atoms with E-state index in [4.69, 9.17) is 20.7 Å². The van der Waals surface area contributed by atoms with E-state index in [0.29, 0.717) is 11.5 Å². The highest BCUT2D eigenvalue weighted by molar-refractivity contribution is 5.85. The van der Waals surface area contributed by atoms with Gasteiger partial charge >= 0.3 is 6.09 Å². The Morgan fingerprint density at radius 3 is 2.84 bits per heavy atom. The zero-order chi connectivity index (χ0) is 13.0. The van der Waals surface area contributed by atoms with Gasteiger partial charge in [-0.15, -0.1) is 12.4 Å². The molecule has 0 saturated heterocycles. The van der Waals surface area contributed by atoms with Crippen LogP contribution in [0.25, 0.3) is 11.0 Å². The molecule has 1 amide bonds. The van der Waals surface area contributed by atoms with Crippen LogP contribution in [0.4, 0.5) is 4.79 Å². The first-order chi connectivity index (χ1) is 8.66. The molecule has 8 heteroatoms. The summed E-state index contributed by atoms with van der Waals surface area (Å²) in [5, 5.41) is 4.54. The Bertz CT molecular complexity index is 545. The fraction of sp³-hybridized carbons (Fsp3) is 0.273. The average molecular weight is 288 g/mol. The van der Waals surface area contributed by atoms with Gasteiger partial charge in [0.2, 0.25) is 0 Å². The highest BCUT2D eigenvalue weighted by Crippen LogP contribution is 2.23. The van der Waals surface area contributed by atoms with Crippen LogP contribution < -0.4 is 16.2 Å². The number of hydrogen-bond acceptors (Lipinski definition) is 6. The van der Waals surface area contributed by atoms with Gasteiger partial charge in [0, 0.05) is 0 Å². The van der Waals surface area contributed by atoms with E-state index in [1.165, 1.54) is 0 Å². The number of para-hydroxylation sites is 1. The highest BCUT2D eigenvalue weighted by atomic mass is 35.5. The lowest BCUT2D eigenvalue weighted by Gasteiger charge is -2.10. The molecule has 0 bridgehead atoms. The smallest absolute Gasteiger partial charge is 0.404 e. The van der Waals surface area contributed by atoms with Gasteiger partial charge in [-0.1, -0.05) is 12.1 Å². The molecule has 1 atom stereocenters. The largest absolute Gasteiger partial charge is 0.473 e. The number of nitrogens with two attached hydrogens (primary N) is 2. The number of aromatic nitrogens is 1. The van der Waals surface area contributed by atoms with Crippen molar-refractivity contribution in [1.29, 1.82) is 0 Å². The number of hydrogen-bond donors (Lipinski definition) is 2. The fourth-order valence-electron chi connectivity index (χ4n) is 1.39. The van der Waals surface area contributed by atoms with Crippen LogP contribution in [0.5, 0.6) is 5.88 Å². The normalized spacial score (nSPS) is 11.6. The molecule has 0 aliphatic heterocycles. The molecule has 0 spiro atoms. The van der Waals surface area contributed by atoms with Crippen molar-refractivity contribution in [2.75, 3.05) is 13.2 Å². The fourth-order valence-corrected chi connectivity index (χ4v) is 1.39. The number of nitrogens with zero attached hydrogens (tertiary/aromatic N) is 1. The van der Waals surface area contributed by atoms with Crippen molar-refractivity contribution in [3.05, 3.63) is 24.3 Å². The average Bonchev–Trinajstić information content (AvgIpc) is 2.77. The number of benzene rings is 1. The summed E-state index contributed by atoms with van der Waals surface area (Å²) in [6.07, 6.45) is -0.864. The van der Waals surface area contributed by atoms with E-state index >= 15 is 0 Å². The van der Waals surface area contributed by atoms with E-state index in [1.807, 2.05) is 18.2 Å². The van der Waals surface area contributed by atoms with Crippen molar-refractivity contribution in [2.45, 2.75) is 6.04 Å². The Hall–Kier alpha value is -1.99. The number of carbonyl (C=O) groups excluding carboxylic acids is 1. The van der Waals surface area contributed by atoms with Crippen molar-refractivity contribution >= 4 is 29.5 Å². The lowest BCUT2D eigenvalue weighted by molar-refractivity contribution is 0.136. The van der Waals surface area contributed by atoms with Gasteiger partial charge < -0.3 is 25.5 Å². The van der Waals surface area contributed by atoms with E-state index in [1.54, 1.807) is 6.07 Å². The summed E-state index contributed by atoms with van der Waals surface area (Å²) in [5.41, 5.74) is 11.1. The van der Waals surface area contributed by atoms with E-state index < -0.39 is 12.1 Å². The van der Waals surface area contributed by atoms with Gasteiger partial charge in [0.25, 0.3) is 5.88 Å². The minimum absolute atomic E-state index is 0. The Balaban J connectivity index is 0.00000180. The molecule has 0 aliphatic carbocycles. The van der Waals surface area contributed by atoms with Crippen molar-refractivity contribution in [1.82, 2.24) is 5.16 Å². The number of fused-ring (bicyclic) bond motifs is 1. The summed E-state index contributed by atoms with van der Waals surface area (Å²) in [4.78, 5) is 10.4. The highest BCUT2D eigenvalue weighted by Gasteiger charge is 2.11. The van der Waals surface area contributed by atoms with Crippen LogP contribution in [-0.2, 0) is 4.74 Å². The number of halogens is 1. The maximum atomic E-state index is 10.4. The molecule has 104 valence electrons. The van der Waals surface area contributed by atoms with Crippen LogP contribution in [0, 0.1) is 0 Å². The Kier molecular flexibility index (Phi) is 5.40. The molecule has 1 aromatic carbocycles. The number of amides is 1. The molecular weight excluding hydrogens is 274 g/mol. The Morgan fingerprint density at radius 1 is 1.37 bits per heavy atom. The molecule has 19 heavy (non-hydrogen) atoms. The Morgan fingerprint density at radius 2 is 2.11 bits per heavy atom. The first-order valence-electron chi connectivity index (χ1n) is 5.32. The molecular formula is C11H14ClN3O4. The monoisotopic (exact) mass is 287 g/mol. The zero-order valence-corrected chi connectivity index (χ0v) is 10.8. The molecule has 1 heterocycles. The third-order valence-electron chi connectivity index (χ3n) is 2.22. The van der Waals surface area contributed by atoms with E-state index in [0.717, 1.165) is 5.39 Å². The van der Waals surface area contributed by atoms with Gasteiger partial charge in [-0.3, -0.25) is 0 Å². The predicted molar refractivity (Wildman–Crippen MR) is 70.3 cm³/mol. The third-order valence-corrected chi connectivity index (χ3v) is 2.22. The first kappa shape index (κ1) is 15.1. The SMILES string of the molecule is Cl.NC(=O)OC[C@@H](N)COc1noc2ccccc12. The van der Waals surface area contributed by atoms with Crippen molar-refractivity contribution < 1.29 is 18.8 Å². The van der Waals surface area contributed by atoms with Crippen LogP contribution in [0.1, 0.15) is 0 Å². The second-order valence-electron chi connectivity index (χ2n) is 3.69. The van der Waals surface area contributed by atoms with Gasteiger partial charge in [-0.05, 0) is 17.3 Å². The molecule has 7 nitrogen and oxygen atoms in total. The van der Waals surface area contributed by atoms with Crippen LogP contribution in [0.3, 0.4) is 0 Å². The molecule has 0 saturated carbocycles. The molecule has 4 N–H and O–H groups in total. The van der Waals surface area contributed by atoms with Crippen LogP contribution in [-0.4, -0.2) is 30.5 Å². The second-order valence-corrected chi connectivity index (χ2v) is 3.69. The number of primary amides is 1. The molecule has 0 unspecified atom stereocenters. The van der Waals surface area contributed by atoms with Gasteiger partial charge in [-0.25, -0.2) is 4.79 Å². The summed E-state index contributed by atoms with van der Waals surface area (Å²) >= 11 is 0. The minimum Gasteiger partial charge on any atom is -0.473 e. The lowest BCUT2D eigenvalue weighted by Crippen LogP contribution is -2.34. The van der Waals surface area contributed by atoms with Crippen LogP contribution in [0.2, 0.25) is 0 Å². The quantitative estimate of drug-likeness (QED) is 0.849. The minimum atomic E-state index is -0.864. The number of carbonyl (C=O) groups is 1. The van der Waals surface area contributed by atoms with Crippen LogP contribution in [0.15, 0.2) is 28.8 Å². The predicted octanol–water partition coefficient (Wildman–Crippen LogP) is 1.05. The first-order valence-corrected chi connectivity index (χ1v) is 5.32. The zero-order valence-electron chi connectivity index (χ0n) is 9.94. The maximum Gasteiger partial charge on any atom is 0.404 e. The second kappa shape index (κ2) is 6.81. The molecule has 2 rings (SSSR count). The summed E-state index contributed by atoms with van der Waals surface area (Å²) in [6, 6.07) is 6.82. The maximum absolute atomic E-state index is 10.4. The van der Waals surface area contributed by atoms with Gasteiger partial charge in [0.1, 0.15) is 13.2 Å². The summed E-state index contributed by atoms with van der Waals surface area (Å²) in [5.74, 6) is 0.361. The summed E-state index contributed by atoms with van der Waals surface area (Å²) in [6.45, 7) is 0.134. The van der Waals surface area contributed by atoms with E-state index in [2.05, 4.69) is 9.89 Å². The van der Waals surface area contributed by atoms with Crippen molar-refractivity contribution in [3.63, 3.8) is 0 Å². The Labute approximate surface area is 115 Å².